The minimum atomic E-state index is 0.114. The Balaban J connectivity index is 2.41. The van der Waals surface area contributed by atoms with Gasteiger partial charge < -0.3 is 9.64 Å². The standard InChI is InChI=1S/C9H17NO2/c1-9(2)4-5-10(7-9)8(11)6-12-3/h4-7H2,1-3H3. The minimum absolute atomic E-state index is 0.114. The fourth-order valence-corrected chi connectivity index (χ4v) is 1.54. The van der Waals surface area contributed by atoms with Gasteiger partial charge in [-0.3, -0.25) is 4.79 Å². The van der Waals surface area contributed by atoms with Gasteiger partial charge in [0.1, 0.15) is 6.61 Å². The van der Waals surface area contributed by atoms with E-state index < -0.39 is 0 Å². The summed E-state index contributed by atoms with van der Waals surface area (Å²) in [5.41, 5.74) is 0.295. The average molecular weight is 171 g/mol. The fraction of sp³-hybridized carbons (Fsp3) is 0.889. The van der Waals surface area contributed by atoms with Crippen molar-refractivity contribution in [2.24, 2.45) is 5.41 Å². The van der Waals surface area contributed by atoms with Gasteiger partial charge in [-0.2, -0.15) is 0 Å². The Morgan fingerprint density at radius 1 is 1.58 bits per heavy atom. The number of carbonyl (C=O) groups is 1. The number of rotatable bonds is 2. The Labute approximate surface area is 73.7 Å². The van der Waals surface area contributed by atoms with E-state index in [-0.39, 0.29) is 12.5 Å². The van der Waals surface area contributed by atoms with Crippen LogP contribution in [0.3, 0.4) is 0 Å². The van der Waals surface area contributed by atoms with Gasteiger partial charge in [-0.25, -0.2) is 0 Å². The molecule has 3 nitrogen and oxygen atoms in total. The van der Waals surface area contributed by atoms with Gasteiger partial charge in [-0.1, -0.05) is 13.8 Å². The molecule has 0 aromatic carbocycles. The fourth-order valence-electron chi connectivity index (χ4n) is 1.54. The molecule has 1 fully saturated rings. The van der Waals surface area contributed by atoms with E-state index in [0.717, 1.165) is 19.5 Å². The molecule has 0 aliphatic carbocycles. The molecule has 0 aromatic heterocycles. The van der Waals surface area contributed by atoms with Gasteiger partial charge in [0.2, 0.25) is 5.91 Å². The molecule has 0 atom stereocenters. The molecule has 0 spiro atoms. The van der Waals surface area contributed by atoms with Crippen molar-refractivity contribution in [2.45, 2.75) is 20.3 Å². The van der Waals surface area contributed by atoms with Crippen LogP contribution in [-0.2, 0) is 9.53 Å². The van der Waals surface area contributed by atoms with Crippen LogP contribution in [0.15, 0.2) is 0 Å². The largest absolute Gasteiger partial charge is 0.375 e. The molecular formula is C9H17NO2. The lowest BCUT2D eigenvalue weighted by atomic mass is 9.93. The number of hydrogen-bond donors (Lipinski definition) is 0. The summed E-state index contributed by atoms with van der Waals surface area (Å²) in [6.07, 6.45) is 1.10. The Morgan fingerprint density at radius 3 is 2.67 bits per heavy atom. The monoisotopic (exact) mass is 171 g/mol. The second kappa shape index (κ2) is 3.44. The van der Waals surface area contributed by atoms with Gasteiger partial charge in [0.05, 0.1) is 0 Å². The molecule has 0 saturated carbocycles. The average Bonchev–Trinajstić information content (AvgIpc) is 2.31. The van der Waals surface area contributed by atoms with E-state index in [1.807, 2.05) is 4.90 Å². The van der Waals surface area contributed by atoms with Gasteiger partial charge >= 0.3 is 0 Å². The highest BCUT2D eigenvalue weighted by molar-refractivity contribution is 5.77. The van der Waals surface area contributed by atoms with Gasteiger partial charge in [-0.05, 0) is 11.8 Å². The normalized spacial score (nSPS) is 21.4. The van der Waals surface area contributed by atoms with Crippen molar-refractivity contribution in [3.63, 3.8) is 0 Å². The molecule has 1 aliphatic rings. The van der Waals surface area contributed by atoms with E-state index in [1.54, 1.807) is 7.11 Å². The summed E-state index contributed by atoms with van der Waals surface area (Å²) in [4.78, 5) is 13.2. The summed E-state index contributed by atoms with van der Waals surface area (Å²) in [6, 6.07) is 0. The molecule has 0 bridgehead atoms. The lowest BCUT2D eigenvalue weighted by molar-refractivity contribution is -0.134. The van der Waals surface area contributed by atoms with E-state index in [9.17, 15) is 4.79 Å². The molecule has 0 radical (unpaired) electrons. The third kappa shape index (κ3) is 2.21. The molecule has 1 saturated heterocycles. The van der Waals surface area contributed by atoms with Crippen molar-refractivity contribution in [3.05, 3.63) is 0 Å². The zero-order chi connectivity index (χ0) is 9.19. The van der Waals surface area contributed by atoms with Crippen LogP contribution in [0.2, 0.25) is 0 Å². The van der Waals surface area contributed by atoms with E-state index in [4.69, 9.17) is 4.74 Å². The molecule has 1 amide bonds. The molecule has 70 valence electrons. The van der Waals surface area contributed by atoms with Crippen molar-refractivity contribution in [3.8, 4) is 0 Å². The van der Waals surface area contributed by atoms with E-state index in [2.05, 4.69) is 13.8 Å². The number of nitrogens with zero attached hydrogens (tertiary/aromatic N) is 1. The predicted octanol–water partition coefficient (Wildman–Crippen LogP) is 0.891. The highest BCUT2D eigenvalue weighted by Crippen LogP contribution is 2.28. The van der Waals surface area contributed by atoms with Gasteiger partial charge in [0.25, 0.3) is 0 Å². The van der Waals surface area contributed by atoms with E-state index in [1.165, 1.54) is 0 Å². The topological polar surface area (TPSA) is 29.5 Å². The number of amides is 1. The first kappa shape index (κ1) is 9.52. The van der Waals surface area contributed by atoms with E-state index >= 15 is 0 Å². The zero-order valence-corrected chi connectivity index (χ0v) is 8.09. The van der Waals surface area contributed by atoms with E-state index in [0.29, 0.717) is 5.41 Å². The van der Waals surface area contributed by atoms with Crippen molar-refractivity contribution in [1.29, 1.82) is 0 Å². The van der Waals surface area contributed by atoms with Crippen LogP contribution >= 0.6 is 0 Å². The number of hydrogen-bond acceptors (Lipinski definition) is 2. The van der Waals surface area contributed by atoms with Crippen LogP contribution in [0.25, 0.3) is 0 Å². The summed E-state index contributed by atoms with van der Waals surface area (Å²) >= 11 is 0. The third-order valence-corrected chi connectivity index (χ3v) is 2.30. The number of ether oxygens (including phenoxy) is 1. The third-order valence-electron chi connectivity index (χ3n) is 2.30. The molecule has 0 N–H and O–H groups in total. The van der Waals surface area contributed by atoms with Crippen molar-refractivity contribution in [1.82, 2.24) is 4.90 Å². The van der Waals surface area contributed by atoms with Gasteiger partial charge in [0, 0.05) is 20.2 Å². The highest BCUT2D eigenvalue weighted by atomic mass is 16.5. The summed E-state index contributed by atoms with van der Waals surface area (Å²) in [7, 11) is 1.55. The predicted molar refractivity (Wildman–Crippen MR) is 46.9 cm³/mol. The molecule has 1 heterocycles. The maximum absolute atomic E-state index is 11.3. The molecule has 0 unspecified atom stereocenters. The molecule has 1 rings (SSSR count). The van der Waals surface area contributed by atoms with Gasteiger partial charge in [0.15, 0.2) is 0 Å². The summed E-state index contributed by atoms with van der Waals surface area (Å²) < 4.78 is 4.79. The number of methoxy groups -OCH3 is 1. The Morgan fingerprint density at radius 2 is 2.25 bits per heavy atom. The SMILES string of the molecule is COCC(=O)N1CCC(C)(C)C1. The molecule has 12 heavy (non-hydrogen) atoms. The highest BCUT2D eigenvalue weighted by Gasteiger charge is 2.31. The molecule has 0 aromatic rings. The Hall–Kier alpha value is -0.570. The van der Waals surface area contributed by atoms with Crippen LogP contribution in [-0.4, -0.2) is 37.6 Å². The lowest BCUT2D eigenvalue weighted by Gasteiger charge is -2.19. The zero-order valence-electron chi connectivity index (χ0n) is 8.09. The number of carbonyl (C=O) groups excluding carboxylic acids is 1. The summed E-state index contributed by atoms with van der Waals surface area (Å²) in [5.74, 6) is 0.114. The minimum Gasteiger partial charge on any atom is -0.375 e. The molecule has 1 aliphatic heterocycles. The second-order valence-corrected chi connectivity index (χ2v) is 4.16. The summed E-state index contributed by atoms with van der Waals surface area (Å²) in [5, 5.41) is 0. The molecule has 3 heteroatoms. The van der Waals surface area contributed by atoms with Crippen LogP contribution in [0.4, 0.5) is 0 Å². The van der Waals surface area contributed by atoms with Gasteiger partial charge in [-0.15, -0.1) is 0 Å². The Bertz CT molecular complexity index is 177. The van der Waals surface area contributed by atoms with Crippen LogP contribution < -0.4 is 0 Å². The van der Waals surface area contributed by atoms with Crippen molar-refractivity contribution in [2.75, 3.05) is 26.8 Å². The smallest absolute Gasteiger partial charge is 0.248 e. The van der Waals surface area contributed by atoms with Crippen LogP contribution in [0.1, 0.15) is 20.3 Å². The van der Waals surface area contributed by atoms with Crippen molar-refractivity contribution >= 4 is 5.91 Å². The first-order valence-electron chi connectivity index (χ1n) is 4.32. The quantitative estimate of drug-likeness (QED) is 0.617. The molecular weight excluding hydrogens is 154 g/mol. The first-order chi connectivity index (χ1) is 5.55. The summed E-state index contributed by atoms with van der Waals surface area (Å²) in [6.45, 7) is 6.35. The lowest BCUT2D eigenvalue weighted by Crippen LogP contribution is -2.32. The van der Waals surface area contributed by atoms with Crippen LogP contribution in [0.5, 0.6) is 0 Å². The maximum atomic E-state index is 11.3. The first-order valence-corrected chi connectivity index (χ1v) is 4.32. The second-order valence-electron chi connectivity index (χ2n) is 4.16. The number of likely N-dealkylation sites (tertiary alicyclic amines) is 1. The van der Waals surface area contributed by atoms with Crippen LogP contribution in [0, 0.1) is 5.41 Å². The van der Waals surface area contributed by atoms with Crippen molar-refractivity contribution < 1.29 is 9.53 Å². The maximum Gasteiger partial charge on any atom is 0.248 e. The Kier molecular flexibility index (Phi) is 2.73.